The van der Waals surface area contributed by atoms with Crippen LogP contribution in [-0.2, 0) is 9.53 Å². The number of ether oxygens (including phenoxy) is 1. The average Bonchev–Trinajstić information content (AvgIpc) is 3.05. The molecule has 1 aromatic heterocycles. The molecule has 0 unspecified atom stereocenters. The lowest BCUT2D eigenvalue weighted by atomic mass is 10.1. The van der Waals surface area contributed by atoms with Crippen LogP contribution in [0.15, 0.2) is 58.2 Å². The minimum Gasteiger partial charge on any atom is -0.468 e. The maximum Gasteiger partial charge on any atom is 0.316 e. The van der Waals surface area contributed by atoms with Gasteiger partial charge in [-0.25, -0.2) is 4.98 Å². The molecule has 0 spiro atoms. The van der Waals surface area contributed by atoms with Crippen molar-refractivity contribution in [2.24, 2.45) is 0 Å². The van der Waals surface area contributed by atoms with E-state index in [1.54, 1.807) is 24.3 Å². The van der Waals surface area contributed by atoms with Gasteiger partial charge in [0.15, 0.2) is 5.76 Å². The molecule has 0 bridgehead atoms. The largest absolute Gasteiger partial charge is 0.468 e. The van der Waals surface area contributed by atoms with Gasteiger partial charge in [0.1, 0.15) is 11.4 Å². The van der Waals surface area contributed by atoms with Crippen molar-refractivity contribution in [2.75, 3.05) is 12.9 Å². The number of methoxy groups -OCH3 is 1. The normalized spacial score (nSPS) is 10.7. The second-order valence-electron chi connectivity index (χ2n) is 5.04. The Hall–Kier alpha value is -1.95. The number of carbonyl (C=O) groups is 1. The highest BCUT2D eigenvalue weighted by molar-refractivity contribution is 7.99. The smallest absolute Gasteiger partial charge is 0.316 e. The number of esters is 1. The molecule has 0 N–H and O–H groups in total. The number of halogens is 2. The van der Waals surface area contributed by atoms with Gasteiger partial charge in [0.05, 0.1) is 7.11 Å². The second kappa shape index (κ2) is 7.95. The summed E-state index contributed by atoms with van der Waals surface area (Å²) in [6.45, 7) is 0. The van der Waals surface area contributed by atoms with Crippen molar-refractivity contribution in [1.29, 1.82) is 0 Å². The molecule has 25 heavy (non-hydrogen) atoms. The van der Waals surface area contributed by atoms with Crippen LogP contribution in [0.3, 0.4) is 0 Å². The lowest BCUT2D eigenvalue weighted by Crippen LogP contribution is -2.02. The summed E-state index contributed by atoms with van der Waals surface area (Å²) in [4.78, 5) is 15.9. The van der Waals surface area contributed by atoms with E-state index < -0.39 is 0 Å². The maximum absolute atomic E-state index is 11.3. The summed E-state index contributed by atoms with van der Waals surface area (Å²) in [7, 11) is 1.34. The molecule has 7 heteroatoms. The first-order valence-electron chi connectivity index (χ1n) is 7.29. The number of hydrogen-bond donors (Lipinski definition) is 0. The molecule has 0 radical (unpaired) electrons. The number of rotatable bonds is 5. The van der Waals surface area contributed by atoms with Gasteiger partial charge in [0.25, 0.3) is 5.22 Å². The minimum absolute atomic E-state index is 0.122. The van der Waals surface area contributed by atoms with E-state index in [9.17, 15) is 4.79 Å². The Morgan fingerprint density at radius 3 is 2.16 bits per heavy atom. The topological polar surface area (TPSA) is 52.3 Å². The van der Waals surface area contributed by atoms with Crippen molar-refractivity contribution in [3.8, 4) is 22.6 Å². The summed E-state index contributed by atoms with van der Waals surface area (Å²) in [5.74, 6) is 0.382. The highest BCUT2D eigenvalue weighted by atomic mass is 35.5. The van der Waals surface area contributed by atoms with Crippen LogP contribution in [0.5, 0.6) is 0 Å². The fourth-order valence-corrected chi connectivity index (χ4v) is 3.05. The molecule has 2 aromatic carbocycles. The number of nitrogens with zero attached hydrogens (tertiary/aromatic N) is 1. The van der Waals surface area contributed by atoms with Crippen LogP contribution in [0.25, 0.3) is 22.6 Å². The van der Waals surface area contributed by atoms with Crippen LogP contribution in [0.4, 0.5) is 0 Å². The summed E-state index contributed by atoms with van der Waals surface area (Å²) < 4.78 is 10.5. The van der Waals surface area contributed by atoms with Gasteiger partial charge in [-0.3, -0.25) is 4.79 Å². The van der Waals surface area contributed by atoms with Crippen molar-refractivity contribution < 1.29 is 13.9 Å². The summed E-state index contributed by atoms with van der Waals surface area (Å²) in [6, 6.07) is 14.6. The van der Waals surface area contributed by atoms with E-state index >= 15 is 0 Å². The molecule has 3 aromatic rings. The Kier molecular flexibility index (Phi) is 5.68. The Balaban J connectivity index is 2.01. The molecule has 4 nitrogen and oxygen atoms in total. The molecular formula is C18H13Cl2NO3S. The van der Waals surface area contributed by atoms with E-state index in [1.807, 2.05) is 24.3 Å². The van der Waals surface area contributed by atoms with Crippen LogP contribution in [0.1, 0.15) is 0 Å². The van der Waals surface area contributed by atoms with E-state index in [1.165, 1.54) is 18.9 Å². The lowest BCUT2D eigenvalue weighted by Gasteiger charge is -2.02. The van der Waals surface area contributed by atoms with E-state index in [0.29, 0.717) is 26.7 Å². The van der Waals surface area contributed by atoms with Gasteiger partial charge >= 0.3 is 5.97 Å². The molecule has 0 aliphatic carbocycles. The Labute approximate surface area is 159 Å². The van der Waals surface area contributed by atoms with Crippen molar-refractivity contribution in [3.63, 3.8) is 0 Å². The molecule has 1 heterocycles. The summed E-state index contributed by atoms with van der Waals surface area (Å²) in [6.07, 6.45) is 0. The summed E-state index contributed by atoms with van der Waals surface area (Å²) >= 11 is 13.1. The summed E-state index contributed by atoms with van der Waals surface area (Å²) in [5, 5.41) is 1.66. The average molecular weight is 394 g/mol. The van der Waals surface area contributed by atoms with Crippen LogP contribution < -0.4 is 0 Å². The molecule has 0 fully saturated rings. The van der Waals surface area contributed by atoms with Gasteiger partial charge < -0.3 is 9.15 Å². The fourth-order valence-electron chi connectivity index (χ4n) is 2.14. The van der Waals surface area contributed by atoms with Gasteiger partial charge in [0, 0.05) is 21.2 Å². The highest BCUT2D eigenvalue weighted by Gasteiger charge is 2.18. The predicted molar refractivity (Wildman–Crippen MR) is 100 cm³/mol. The monoisotopic (exact) mass is 393 g/mol. The molecule has 0 atom stereocenters. The van der Waals surface area contributed by atoms with Gasteiger partial charge in [-0.2, -0.15) is 0 Å². The fraction of sp³-hybridized carbons (Fsp3) is 0.111. The van der Waals surface area contributed by atoms with E-state index in [4.69, 9.17) is 27.6 Å². The van der Waals surface area contributed by atoms with Crippen molar-refractivity contribution in [3.05, 3.63) is 58.6 Å². The molecular weight excluding hydrogens is 381 g/mol. The second-order valence-corrected chi connectivity index (χ2v) is 6.84. The molecule has 0 aliphatic heterocycles. The quantitative estimate of drug-likeness (QED) is 0.418. The molecule has 3 rings (SSSR count). The number of benzene rings is 2. The van der Waals surface area contributed by atoms with Crippen molar-refractivity contribution in [1.82, 2.24) is 4.98 Å². The number of aromatic nitrogens is 1. The predicted octanol–water partition coefficient (Wildman–Crippen LogP) is 5.58. The first kappa shape index (κ1) is 17.9. The van der Waals surface area contributed by atoms with Crippen LogP contribution in [-0.4, -0.2) is 23.8 Å². The minimum atomic E-state index is -0.343. The van der Waals surface area contributed by atoms with E-state index in [0.717, 1.165) is 11.1 Å². The first-order chi connectivity index (χ1) is 12.1. The molecule has 128 valence electrons. The zero-order chi connectivity index (χ0) is 17.8. The number of oxazole rings is 1. The Bertz CT molecular complexity index is 813. The number of carbonyl (C=O) groups excluding carboxylic acids is 1. The van der Waals surface area contributed by atoms with Gasteiger partial charge in [-0.1, -0.05) is 47.1 Å². The summed E-state index contributed by atoms with van der Waals surface area (Å²) in [5.41, 5.74) is 2.38. The number of thioether (sulfide) groups is 1. The van der Waals surface area contributed by atoms with E-state index in [2.05, 4.69) is 9.72 Å². The van der Waals surface area contributed by atoms with Crippen molar-refractivity contribution in [2.45, 2.75) is 5.22 Å². The van der Waals surface area contributed by atoms with Crippen molar-refractivity contribution >= 4 is 40.9 Å². The Morgan fingerprint density at radius 2 is 1.60 bits per heavy atom. The zero-order valence-electron chi connectivity index (χ0n) is 13.2. The SMILES string of the molecule is COC(=O)CSc1nc(-c2ccc(Cl)cc2)c(-c2ccc(Cl)cc2)o1. The van der Waals surface area contributed by atoms with Gasteiger partial charge in [-0.15, -0.1) is 0 Å². The third-order valence-electron chi connectivity index (χ3n) is 3.37. The first-order valence-corrected chi connectivity index (χ1v) is 9.03. The van der Waals surface area contributed by atoms with Gasteiger partial charge in [0.2, 0.25) is 0 Å². The maximum atomic E-state index is 11.3. The standard InChI is InChI=1S/C18H13Cl2NO3S/c1-23-15(22)10-25-18-21-16(11-2-6-13(19)7-3-11)17(24-18)12-4-8-14(20)9-5-12/h2-9H,10H2,1H3. The zero-order valence-corrected chi connectivity index (χ0v) is 15.5. The molecule has 0 aliphatic rings. The third kappa shape index (κ3) is 4.37. The Morgan fingerprint density at radius 1 is 1.04 bits per heavy atom. The number of hydrogen-bond acceptors (Lipinski definition) is 5. The van der Waals surface area contributed by atoms with Crippen LogP contribution in [0, 0.1) is 0 Å². The highest BCUT2D eigenvalue weighted by Crippen LogP contribution is 2.36. The molecule has 0 saturated heterocycles. The molecule has 0 saturated carbocycles. The lowest BCUT2D eigenvalue weighted by molar-refractivity contribution is -0.137. The van der Waals surface area contributed by atoms with E-state index in [-0.39, 0.29) is 11.7 Å². The van der Waals surface area contributed by atoms with Gasteiger partial charge in [-0.05, 0) is 36.4 Å². The van der Waals surface area contributed by atoms with Crippen LogP contribution in [0.2, 0.25) is 10.0 Å². The van der Waals surface area contributed by atoms with Crippen LogP contribution >= 0.6 is 35.0 Å². The molecule has 0 amide bonds. The third-order valence-corrected chi connectivity index (χ3v) is 4.68.